The lowest BCUT2D eigenvalue weighted by molar-refractivity contribution is 0.0724. The van der Waals surface area contributed by atoms with E-state index in [4.69, 9.17) is 9.47 Å². The van der Waals surface area contributed by atoms with Gasteiger partial charge in [-0.3, -0.25) is 4.79 Å². The molecule has 4 rings (SSSR count). The first-order valence-corrected chi connectivity index (χ1v) is 10.0. The van der Waals surface area contributed by atoms with E-state index in [2.05, 4.69) is 16.4 Å². The highest BCUT2D eigenvalue weighted by molar-refractivity contribution is 5.94. The van der Waals surface area contributed by atoms with E-state index in [1.54, 1.807) is 13.3 Å². The van der Waals surface area contributed by atoms with Gasteiger partial charge < -0.3 is 19.7 Å². The van der Waals surface area contributed by atoms with Gasteiger partial charge in [0.15, 0.2) is 11.5 Å². The monoisotopic (exact) mass is 381 g/mol. The maximum absolute atomic E-state index is 12.5. The Morgan fingerprint density at radius 3 is 2.86 bits per heavy atom. The van der Waals surface area contributed by atoms with Crippen molar-refractivity contribution in [1.29, 1.82) is 0 Å². The lowest BCUT2D eigenvalue weighted by Crippen LogP contribution is -2.35. The maximum atomic E-state index is 12.5. The number of fused-ring (bicyclic) bond motifs is 1. The average molecular weight is 381 g/mol. The van der Waals surface area contributed by atoms with Crippen LogP contribution >= 0.6 is 0 Å². The second kappa shape index (κ2) is 8.50. The number of hydrogen-bond donors (Lipinski definition) is 1. The van der Waals surface area contributed by atoms with Crippen molar-refractivity contribution in [2.75, 3.05) is 38.7 Å². The van der Waals surface area contributed by atoms with Crippen LogP contribution in [0.4, 0.5) is 5.82 Å². The number of nitrogens with one attached hydrogen (secondary N) is 1. The third kappa shape index (κ3) is 4.06. The van der Waals surface area contributed by atoms with Crippen LogP contribution in [0.25, 0.3) is 0 Å². The van der Waals surface area contributed by atoms with E-state index in [0.29, 0.717) is 18.1 Å². The van der Waals surface area contributed by atoms with Gasteiger partial charge in [0.1, 0.15) is 5.82 Å². The molecule has 0 aliphatic carbocycles. The minimum absolute atomic E-state index is 0.0879. The summed E-state index contributed by atoms with van der Waals surface area (Å²) in [6, 6.07) is 9.76. The summed E-state index contributed by atoms with van der Waals surface area (Å²) in [7, 11) is 1.66. The third-order valence-electron chi connectivity index (χ3n) is 5.48. The molecular formula is C22H27N3O3. The Balaban J connectivity index is 1.32. The predicted octanol–water partition coefficient (Wildman–Crippen LogP) is 3.38. The summed E-state index contributed by atoms with van der Waals surface area (Å²) in [5.74, 6) is 2.88. The summed E-state index contributed by atoms with van der Waals surface area (Å²) in [6.45, 7) is 3.12. The number of anilines is 1. The SMILES string of the molecule is COc1cccc2c1OCC(CNc1ccc(C(=O)N3CCCCC3)cn1)C2. The molecule has 3 heterocycles. The molecule has 148 valence electrons. The van der Waals surface area contributed by atoms with E-state index in [0.717, 1.165) is 56.2 Å². The van der Waals surface area contributed by atoms with E-state index in [1.807, 2.05) is 29.2 Å². The quantitative estimate of drug-likeness (QED) is 0.860. The molecule has 6 nitrogen and oxygen atoms in total. The molecule has 1 amide bonds. The second-order valence-electron chi connectivity index (χ2n) is 7.50. The van der Waals surface area contributed by atoms with Gasteiger partial charge in [-0.25, -0.2) is 4.98 Å². The second-order valence-corrected chi connectivity index (χ2v) is 7.50. The van der Waals surface area contributed by atoms with Crippen molar-refractivity contribution < 1.29 is 14.3 Å². The van der Waals surface area contributed by atoms with Crippen molar-refractivity contribution in [2.45, 2.75) is 25.7 Å². The number of piperidine rings is 1. The molecule has 0 spiro atoms. The molecule has 1 fully saturated rings. The van der Waals surface area contributed by atoms with Gasteiger partial charge in [0.2, 0.25) is 0 Å². The first kappa shape index (κ1) is 18.6. The van der Waals surface area contributed by atoms with Crippen molar-refractivity contribution in [3.05, 3.63) is 47.7 Å². The summed E-state index contributed by atoms with van der Waals surface area (Å²) in [5.41, 5.74) is 1.84. The fraction of sp³-hybridized carbons (Fsp3) is 0.455. The number of carbonyl (C=O) groups excluding carboxylic acids is 1. The molecular weight excluding hydrogens is 354 g/mol. The number of methoxy groups -OCH3 is 1. The molecule has 1 atom stereocenters. The molecule has 0 bridgehead atoms. The molecule has 1 saturated heterocycles. The number of likely N-dealkylation sites (tertiary alicyclic amines) is 1. The highest BCUT2D eigenvalue weighted by atomic mass is 16.5. The van der Waals surface area contributed by atoms with Crippen LogP contribution in [-0.4, -0.2) is 49.1 Å². The number of ether oxygens (including phenoxy) is 2. The van der Waals surface area contributed by atoms with Crippen molar-refractivity contribution in [1.82, 2.24) is 9.88 Å². The van der Waals surface area contributed by atoms with Crippen LogP contribution in [0.3, 0.4) is 0 Å². The zero-order valence-electron chi connectivity index (χ0n) is 16.3. The maximum Gasteiger partial charge on any atom is 0.255 e. The number of carbonyl (C=O) groups is 1. The van der Waals surface area contributed by atoms with Gasteiger partial charge in [-0.1, -0.05) is 12.1 Å². The van der Waals surface area contributed by atoms with Gasteiger partial charge in [-0.05, 0) is 49.4 Å². The summed E-state index contributed by atoms with van der Waals surface area (Å²) >= 11 is 0. The Bertz CT molecular complexity index is 816. The number of para-hydroxylation sites is 1. The molecule has 1 unspecified atom stereocenters. The number of pyridine rings is 1. The van der Waals surface area contributed by atoms with Crippen molar-refractivity contribution in [3.63, 3.8) is 0 Å². The van der Waals surface area contributed by atoms with Crippen molar-refractivity contribution in [3.8, 4) is 11.5 Å². The lowest BCUT2D eigenvalue weighted by Gasteiger charge is -2.27. The van der Waals surface area contributed by atoms with E-state index >= 15 is 0 Å². The fourth-order valence-electron chi connectivity index (χ4n) is 3.90. The van der Waals surface area contributed by atoms with E-state index < -0.39 is 0 Å². The van der Waals surface area contributed by atoms with Crippen LogP contribution in [0.2, 0.25) is 0 Å². The largest absolute Gasteiger partial charge is 0.493 e. The minimum Gasteiger partial charge on any atom is -0.493 e. The van der Waals surface area contributed by atoms with Gasteiger partial charge in [-0.2, -0.15) is 0 Å². The van der Waals surface area contributed by atoms with Crippen LogP contribution in [-0.2, 0) is 6.42 Å². The number of aromatic nitrogens is 1. The van der Waals surface area contributed by atoms with Crippen molar-refractivity contribution >= 4 is 11.7 Å². The summed E-state index contributed by atoms with van der Waals surface area (Å²) in [4.78, 5) is 18.9. The van der Waals surface area contributed by atoms with Gasteiger partial charge in [0.05, 0.1) is 19.3 Å². The molecule has 6 heteroatoms. The smallest absolute Gasteiger partial charge is 0.255 e. The Morgan fingerprint density at radius 1 is 1.25 bits per heavy atom. The van der Waals surface area contributed by atoms with Gasteiger partial charge in [-0.15, -0.1) is 0 Å². The predicted molar refractivity (Wildman–Crippen MR) is 108 cm³/mol. The van der Waals surface area contributed by atoms with Crippen LogP contribution in [0.5, 0.6) is 11.5 Å². The minimum atomic E-state index is 0.0879. The Hall–Kier alpha value is -2.76. The van der Waals surface area contributed by atoms with Crippen molar-refractivity contribution in [2.24, 2.45) is 5.92 Å². The van der Waals surface area contributed by atoms with Gasteiger partial charge in [0, 0.05) is 31.7 Å². The molecule has 2 aliphatic rings. The first-order valence-electron chi connectivity index (χ1n) is 10.0. The first-order chi connectivity index (χ1) is 13.7. The van der Waals surface area contributed by atoms with Gasteiger partial charge >= 0.3 is 0 Å². The molecule has 1 N–H and O–H groups in total. The molecule has 0 saturated carbocycles. The highest BCUT2D eigenvalue weighted by Gasteiger charge is 2.23. The molecule has 28 heavy (non-hydrogen) atoms. The van der Waals surface area contributed by atoms with E-state index in [9.17, 15) is 4.79 Å². The number of hydrogen-bond acceptors (Lipinski definition) is 5. The van der Waals surface area contributed by atoms with E-state index in [-0.39, 0.29) is 5.91 Å². The molecule has 2 aromatic rings. The third-order valence-corrected chi connectivity index (χ3v) is 5.48. The molecule has 2 aliphatic heterocycles. The summed E-state index contributed by atoms with van der Waals surface area (Å²) in [6.07, 6.45) is 6.02. The van der Waals surface area contributed by atoms with Gasteiger partial charge in [0.25, 0.3) is 5.91 Å². The molecule has 1 aromatic heterocycles. The summed E-state index contributed by atoms with van der Waals surface area (Å²) in [5, 5.41) is 3.37. The average Bonchev–Trinajstić information content (AvgIpc) is 2.77. The topological polar surface area (TPSA) is 63.7 Å². The number of rotatable bonds is 5. The number of amides is 1. The zero-order chi connectivity index (χ0) is 19.3. The standard InChI is InChI=1S/C22H27N3O3/c1-27-19-7-5-6-17-12-16(15-28-21(17)19)13-23-20-9-8-18(14-24-20)22(26)25-10-3-2-4-11-25/h5-9,14,16H,2-4,10-13,15H2,1H3,(H,23,24). The zero-order valence-corrected chi connectivity index (χ0v) is 16.3. The fourth-order valence-corrected chi connectivity index (χ4v) is 3.90. The van der Waals surface area contributed by atoms with Crippen LogP contribution in [0.15, 0.2) is 36.5 Å². The highest BCUT2D eigenvalue weighted by Crippen LogP contribution is 2.36. The molecule has 0 radical (unpaired) electrons. The Kier molecular flexibility index (Phi) is 5.65. The van der Waals surface area contributed by atoms with E-state index in [1.165, 1.54) is 12.0 Å². The summed E-state index contributed by atoms with van der Waals surface area (Å²) < 4.78 is 11.3. The van der Waals surface area contributed by atoms with Crippen LogP contribution < -0.4 is 14.8 Å². The Labute approximate surface area is 165 Å². The van der Waals surface area contributed by atoms with Crippen LogP contribution in [0.1, 0.15) is 35.2 Å². The number of benzene rings is 1. The van der Waals surface area contributed by atoms with Crippen LogP contribution in [0, 0.1) is 5.92 Å². The normalized spacial score (nSPS) is 18.8. The number of nitrogens with zero attached hydrogens (tertiary/aromatic N) is 2. The lowest BCUT2D eigenvalue weighted by atomic mass is 9.96. The molecule has 1 aromatic carbocycles. The Morgan fingerprint density at radius 2 is 2.11 bits per heavy atom.